The summed E-state index contributed by atoms with van der Waals surface area (Å²) in [5.74, 6) is 0.429. The third-order valence-electron chi connectivity index (χ3n) is 2.63. The maximum absolute atomic E-state index is 12.3. The normalized spacial score (nSPS) is 10.9. The minimum absolute atomic E-state index is 0. The molecular weight excluding hydrogens is 452 g/mol. The predicted octanol–water partition coefficient (Wildman–Crippen LogP) is 4.45. The van der Waals surface area contributed by atoms with Crippen molar-refractivity contribution in [1.29, 1.82) is 0 Å². The van der Waals surface area contributed by atoms with Crippen molar-refractivity contribution in [3.63, 3.8) is 0 Å². The van der Waals surface area contributed by atoms with E-state index < -0.39 is 4.83 Å². The summed E-state index contributed by atoms with van der Waals surface area (Å²) in [4.78, 5) is 15.8. The van der Waals surface area contributed by atoms with Crippen molar-refractivity contribution in [1.82, 2.24) is 4.98 Å². The standard InChI is InChI=1S/C14H13BrN2O.2BrH/c1-9-3-2-4-11(7-9)14(18)13(15)10-5-6-17-12(16)8-10;;/h2-8,13H,1H3,(H2,16,17);2*1H. The van der Waals surface area contributed by atoms with Crippen molar-refractivity contribution in [2.45, 2.75) is 11.8 Å². The molecule has 1 heterocycles. The largest absolute Gasteiger partial charge is 0.384 e. The number of halogens is 3. The number of nitrogen functional groups attached to an aromatic ring is 1. The van der Waals surface area contributed by atoms with Gasteiger partial charge >= 0.3 is 0 Å². The SMILES string of the molecule is Br.Br.Cc1cccc(C(=O)C(Br)c2ccnc(N)c2)c1. The maximum Gasteiger partial charge on any atom is 0.180 e. The molecule has 6 heteroatoms. The maximum atomic E-state index is 12.3. The molecule has 20 heavy (non-hydrogen) atoms. The average molecular weight is 467 g/mol. The number of benzene rings is 1. The lowest BCUT2D eigenvalue weighted by atomic mass is 10.0. The van der Waals surface area contributed by atoms with Crippen LogP contribution in [-0.2, 0) is 0 Å². The number of carbonyl (C=O) groups is 1. The number of aryl methyl sites for hydroxylation is 1. The lowest BCUT2D eigenvalue weighted by molar-refractivity contribution is 0.0991. The molecule has 0 aliphatic heterocycles. The number of hydrogen-bond acceptors (Lipinski definition) is 3. The lowest BCUT2D eigenvalue weighted by Gasteiger charge is -2.10. The summed E-state index contributed by atoms with van der Waals surface area (Å²) >= 11 is 3.41. The zero-order valence-corrected chi connectivity index (χ0v) is 15.8. The van der Waals surface area contributed by atoms with Gasteiger partial charge in [0, 0.05) is 11.8 Å². The fraction of sp³-hybridized carbons (Fsp3) is 0.143. The Morgan fingerprint density at radius 1 is 1.25 bits per heavy atom. The molecule has 0 saturated carbocycles. The number of nitrogens with zero attached hydrogens (tertiary/aromatic N) is 1. The first-order valence-electron chi connectivity index (χ1n) is 5.54. The topological polar surface area (TPSA) is 56.0 Å². The summed E-state index contributed by atoms with van der Waals surface area (Å²) < 4.78 is 0. The van der Waals surface area contributed by atoms with Crippen LogP contribution in [0.4, 0.5) is 5.82 Å². The predicted molar refractivity (Wildman–Crippen MR) is 96.5 cm³/mol. The second-order valence-electron chi connectivity index (χ2n) is 4.11. The van der Waals surface area contributed by atoms with Gasteiger partial charge in [-0.2, -0.15) is 0 Å². The molecule has 0 saturated heterocycles. The first-order chi connectivity index (χ1) is 8.58. The van der Waals surface area contributed by atoms with E-state index in [9.17, 15) is 4.79 Å². The molecule has 0 aliphatic rings. The van der Waals surface area contributed by atoms with Crippen LogP contribution < -0.4 is 5.73 Å². The average Bonchev–Trinajstić information content (AvgIpc) is 2.37. The van der Waals surface area contributed by atoms with Crippen LogP contribution in [-0.4, -0.2) is 10.8 Å². The third-order valence-corrected chi connectivity index (χ3v) is 3.58. The van der Waals surface area contributed by atoms with Crippen LogP contribution in [0.3, 0.4) is 0 Å². The smallest absolute Gasteiger partial charge is 0.180 e. The number of anilines is 1. The highest BCUT2D eigenvalue weighted by Gasteiger charge is 2.19. The first-order valence-corrected chi connectivity index (χ1v) is 6.46. The molecule has 1 atom stereocenters. The van der Waals surface area contributed by atoms with Gasteiger partial charge in [-0.05, 0) is 30.7 Å². The van der Waals surface area contributed by atoms with Crippen LogP contribution in [0.1, 0.15) is 26.3 Å². The van der Waals surface area contributed by atoms with E-state index in [0.29, 0.717) is 11.4 Å². The van der Waals surface area contributed by atoms with Gasteiger partial charge in [0.25, 0.3) is 0 Å². The number of nitrogens with two attached hydrogens (primary N) is 1. The lowest BCUT2D eigenvalue weighted by Crippen LogP contribution is -2.08. The van der Waals surface area contributed by atoms with Gasteiger partial charge in [-0.15, -0.1) is 34.0 Å². The zero-order chi connectivity index (χ0) is 13.1. The fourth-order valence-electron chi connectivity index (χ4n) is 1.72. The van der Waals surface area contributed by atoms with Crippen molar-refractivity contribution in [2.75, 3.05) is 5.73 Å². The Labute approximate surface area is 147 Å². The summed E-state index contributed by atoms with van der Waals surface area (Å²) in [6, 6.07) is 11.0. The van der Waals surface area contributed by atoms with Crippen LogP contribution in [0.25, 0.3) is 0 Å². The van der Waals surface area contributed by atoms with E-state index in [1.807, 2.05) is 31.2 Å². The van der Waals surface area contributed by atoms with E-state index >= 15 is 0 Å². The van der Waals surface area contributed by atoms with Gasteiger partial charge in [0.15, 0.2) is 5.78 Å². The monoisotopic (exact) mass is 464 g/mol. The zero-order valence-electron chi connectivity index (χ0n) is 10.7. The van der Waals surface area contributed by atoms with E-state index in [1.165, 1.54) is 0 Å². The Morgan fingerprint density at radius 2 is 1.95 bits per heavy atom. The molecule has 3 nitrogen and oxygen atoms in total. The van der Waals surface area contributed by atoms with Crippen molar-refractivity contribution in [3.05, 3.63) is 59.3 Å². The molecule has 2 aromatic rings. The Morgan fingerprint density at radius 3 is 2.55 bits per heavy atom. The summed E-state index contributed by atoms with van der Waals surface area (Å²) in [7, 11) is 0. The van der Waals surface area contributed by atoms with Gasteiger partial charge in [-0.3, -0.25) is 4.79 Å². The Kier molecular flexibility index (Phi) is 8.23. The van der Waals surface area contributed by atoms with Crippen LogP contribution in [0.5, 0.6) is 0 Å². The Balaban J connectivity index is 0.00000180. The third kappa shape index (κ3) is 4.68. The highest BCUT2D eigenvalue weighted by Crippen LogP contribution is 2.27. The van der Waals surface area contributed by atoms with Gasteiger partial charge in [0.05, 0.1) is 0 Å². The molecule has 0 spiro atoms. The molecule has 0 radical (unpaired) electrons. The molecule has 0 fully saturated rings. The molecule has 0 amide bonds. The number of Topliss-reactive ketones (excluding diaryl/α,β-unsaturated/α-hetero) is 1. The van der Waals surface area contributed by atoms with Crippen molar-refractivity contribution < 1.29 is 4.79 Å². The number of pyridine rings is 1. The second kappa shape index (κ2) is 8.54. The van der Waals surface area contributed by atoms with Crippen LogP contribution in [0, 0.1) is 6.92 Å². The summed E-state index contributed by atoms with van der Waals surface area (Å²) in [5, 5.41) is 0. The van der Waals surface area contributed by atoms with E-state index in [4.69, 9.17) is 5.73 Å². The van der Waals surface area contributed by atoms with Crippen molar-refractivity contribution in [2.24, 2.45) is 0 Å². The number of rotatable bonds is 3. The van der Waals surface area contributed by atoms with Crippen molar-refractivity contribution in [3.8, 4) is 0 Å². The van der Waals surface area contributed by atoms with E-state index in [1.54, 1.807) is 18.3 Å². The minimum Gasteiger partial charge on any atom is -0.384 e. The second-order valence-corrected chi connectivity index (χ2v) is 5.03. The van der Waals surface area contributed by atoms with Crippen LogP contribution in [0.15, 0.2) is 42.6 Å². The summed E-state index contributed by atoms with van der Waals surface area (Å²) in [6.45, 7) is 1.96. The highest BCUT2D eigenvalue weighted by molar-refractivity contribution is 9.09. The minimum atomic E-state index is -0.399. The van der Waals surface area contributed by atoms with Gasteiger partial charge < -0.3 is 5.73 Å². The first kappa shape index (κ1) is 19.3. The van der Waals surface area contributed by atoms with E-state index in [-0.39, 0.29) is 39.7 Å². The van der Waals surface area contributed by atoms with Gasteiger partial charge in [0.1, 0.15) is 10.6 Å². The van der Waals surface area contributed by atoms with Crippen LogP contribution >= 0.6 is 49.9 Å². The quantitative estimate of drug-likeness (QED) is 0.537. The molecule has 1 unspecified atom stereocenters. The number of aromatic nitrogens is 1. The van der Waals surface area contributed by atoms with Crippen LogP contribution in [0.2, 0.25) is 0 Å². The molecule has 1 aromatic heterocycles. The Bertz CT molecular complexity index is 590. The highest BCUT2D eigenvalue weighted by atomic mass is 79.9. The van der Waals surface area contributed by atoms with Gasteiger partial charge in [-0.1, -0.05) is 39.7 Å². The van der Waals surface area contributed by atoms with E-state index in [0.717, 1.165) is 11.1 Å². The fourth-order valence-corrected chi connectivity index (χ4v) is 2.27. The number of ketones is 1. The summed E-state index contributed by atoms with van der Waals surface area (Å²) in [6.07, 6.45) is 1.60. The number of alkyl halides is 1. The van der Waals surface area contributed by atoms with Gasteiger partial charge in [-0.25, -0.2) is 4.98 Å². The molecule has 2 rings (SSSR count). The molecule has 0 aliphatic carbocycles. The van der Waals surface area contributed by atoms with E-state index in [2.05, 4.69) is 20.9 Å². The Hall–Kier alpha value is -0.720. The van der Waals surface area contributed by atoms with Crippen molar-refractivity contribution >= 4 is 61.5 Å². The molecule has 0 bridgehead atoms. The molecule has 108 valence electrons. The molecular formula is C14H15Br3N2O. The number of carbonyl (C=O) groups excluding carboxylic acids is 1. The molecule has 1 aromatic carbocycles. The van der Waals surface area contributed by atoms with Gasteiger partial charge in [0.2, 0.25) is 0 Å². The summed E-state index contributed by atoms with van der Waals surface area (Å²) in [5.41, 5.74) is 8.18. The number of hydrogen-bond donors (Lipinski definition) is 1. The molecule has 2 N–H and O–H groups in total.